The van der Waals surface area contributed by atoms with Crippen molar-refractivity contribution < 1.29 is 17.9 Å². The first kappa shape index (κ1) is 17.9. The molecule has 7 heteroatoms. The first-order valence-corrected chi connectivity index (χ1v) is 9.49. The lowest BCUT2D eigenvalue weighted by Gasteiger charge is -2.30. The Labute approximate surface area is 137 Å². The van der Waals surface area contributed by atoms with Gasteiger partial charge in [-0.15, -0.1) is 0 Å². The van der Waals surface area contributed by atoms with Gasteiger partial charge in [-0.1, -0.05) is 26.2 Å². The Kier molecular flexibility index (Phi) is 6.15. The van der Waals surface area contributed by atoms with Crippen LogP contribution in [0.4, 0.5) is 5.69 Å². The Morgan fingerprint density at radius 1 is 1.26 bits per heavy atom. The topological polar surface area (TPSA) is 98.5 Å². The van der Waals surface area contributed by atoms with Crippen molar-refractivity contribution in [3.8, 4) is 0 Å². The normalized spacial score (nSPS) is 21.8. The van der Waals surface area contributed by atoms with Gasteiger partial charge < -0.3 is 10.1 Å². The van der Waals surface area contributed by atoms with Gasteiger partial charge >= 0.3 is 0 Å². The number of nitrogens with two attached hydrogens (primary N) is 1. The van der Waals surface area contributed by atoms with Crippen molar-refractivity contribution in [3.05, 3.63) is 24.3 Å². The SMILES string of the molecule is CC[C@H]1CCCC[C@H]1OCC(=O)Nc1ccc(S(N)(=O)=O)cc1. The van der Waals surface area contributed by atoms with E-state index < -0.39 is 10.0 Å². The predicted molar refractivity (Wildman–Crippen MR) is 88.4 cm³/mol. The molecular weight excluding hydrogens is 316 g/mol. The summed E-state index contributed by atoms with van der Waals surface area (Å²) < 4.78 is 28.1. The number of carbonyl (C=O) groups is 1. The van der Waals surface area contributed by atoms with Crippen LogP contribution < -0.4 is 10.5 Å². The van der Waals surface area contributed by atoms with Gasteiger partial charge in [0.25, 0.3) is 0 Å². The minimum Gasteiger partial charge on any atom is -0.368 e. The zero-order valence-electron chi connectivity index (χ0n) is 13.3. The molecule has 1 amide bonds. The lowest BCUT2D eigenvalue weighted by molar-refractivity contribution is -0.124. The third kappa shape index (κ3) is 5.30. The van der Waals surface area contributed by atoms with Gasteiger partial charge in [0.05, 0.1) is 11.0 Å². The van der Waals surface area contributed by atoms with E-state index in [0.717, 1.165) is 25.7 Å². The predicted octanol–water partition coefficient (Wildman–Crippen LogP) is 2.26. The molecule has 0 unspecified atom stereocenters. The van der Waals surface area contributed by atoms with Gasteiger partial charge in [0, 0.05) is 5.69 Å². The summed E-state index contributed by atoms with van der Waals surface area (Å²) in [5.74, 6) is 0.291. The summed E-state index contributed by atoms with van der Waals surface area (Å²) in [4.78, 5) is 12.0. The second kappa shape index (κ2) is 7.90. The standard InChI is InChI=1S/C16H24N2O4S/c1-2-12-5-3-4-6-15(12)22-11-16(19)18-13-7-9-14(10-8-13)23(17,20)21/h7-10,12,15H,2-6,11H2,1H3,(H,18,19)(H2,17,20,21)/t12-,15+/m0/s1. The molecule has 128 valence electrons. The highest BCUT2D eigenvalue weighted by Crippen LogP contribution is 2.29. The molecular formula is C16H24N2O4S. The number of anilines is 1. The lowest BCUT2D eigenvalue weighted by atomic mass is 9.85. The monoisotopic (exact) mass is 340 g/mol. The van der Waals surface area contributed by atoms with Crippen molar-refractivity contribution in [2.24, 2.45) is 11.1 Å². The number of benzene rings is 1. The molecule has 0 heterocycles. The number of carbonyl (C=O) groups excluding carboxylic acids is 1. The van der Waals surface area contributed by atoms with Crippen molar-refractivity contribution in [2.75, 3.05) is 11.9 Å². The molecule has 1 aromatic carbocycles. The highest BCUT2D eigenvalue weighted by atomic mass is 32.2. The van der Waals surface area contributed by atoms with Crippen LogP contribution in [0.1, 0.15) is 39.0 Å². The number of hydrogen-bond acceptors (Lipinski definition) is 4. The lowest BCUT2D eigenvalue weighted by Crippen LogP contribution is -2.31. The number of primary sulfonamides is 1. The van der Waals surface area contributed by atoms with Crippen LogP contribution >= 0.6 is 0 Å². The van der Waals surface area contributed by atoms with E-state index in [0.29, 0.717) is 11.6 Å². The van der Waals surface area contributed by atoms with Crippen LogP contribution in [-0.4, -0.2) is 27.0 Å². The minimum atomic E-state index is -3.72. The molecule has 0 bridgehead atoms. The summed E-state index contributed by atoms with van der Waals surface area (Å²) in [6.45, 7) is 2.16. The van der Waals surface area contributed by atoms with Gasteiger partial charge in [0.2, 0.25) is 15.9 Å². The van der Waals surface area contributed by atoms with Crippen molar-refractivity contribution in [1.29, 1.82) is 0 Å². The van der Waals surface area contributed by atoms with Crippen LogP contribution in [0.25, 0.3) is 0 Å². The molecule has 1 aliphatic carbocycles. The van der Waals surface area contributed by atoms with Crippen LogP contribution in [0.2, 0.25) is 0 Å². The van der Waals surface area contributed by atoms with Crippen LogP contribution in [0.3, 0.4) is 0 Å². The average Bonchev–Trinajstić information content (AvgIpc) is 2.53. The number of amides is 1. The smallest absolute Gasteiger partial charge is 0.250 e. The number of ether oxygens (including phenoxy) is 1. The van der Waals surface area contributed by atoms with Crippen LogP contribution in [0.5, 0.6) is 0 Å². The summed E-state index contributed by atoms with van der Waals surface area (Å²) >= 11 is 0. The molecule has 3 N–H and O–H groups in total. The zero-order valence-corrected chi connectivity index (χ0v) is 14.1. The van der Waals surface area contributed by atoms with Crippen molar-refractivity contribution >= 4 is 21.6 Å². The average molecular weight is 340 g/mol. The first-order valence-electron chi connectivity index (χ1n) is 7.94. The second-order valence-electron chi connectivity index (χ2n) is 5.92. The largest absolute Gasteiger partial charge is 0.368 e. The minimum absolute atomic E-state index is 0.0120. The Morgan fingerprint density at radius 2 is 1.91 bits per heavy atom. The van der Waals surface area contributed by atoms with Gasteiger partial charge in [-0.3, -0.25) is 4.79 Å². The Bertz CT molecular complexity index is 628. The Hall–Kier alpha value is -1.44. The molecule has 1 aliphatic rings. The number of sulfonamides is 1. The van der Waals surface area contributed by atoms with Crippen LogP contribution in [0, 0.1) is 5.92 Å². The quantitative estimate of drug-likeness (QED) is 0.830. The number of rotatable bonds is 6. The van der Waals surface area contributed by atoms with E-state index in [1.54, 1.807) is 0 Å². The molecule has 23 heavy (non-hydrogen) atoms. The van der Waals surface area contributed by atoms with Gasteiger partial charge in [-0.25, -0.2) is 13.6 Å². The van der Waals surface area contributed by atoms with Gasteiger partial charge in [0.1, 0.15) is 6.61 Å². The fraction of sp³-hybridized carbons (Fsp3) is 0.562. The van der Waals surface area contributed by atoms with E-state index in [1.165, 1.54) is 30.7 Å². The summed E-state index contributed by atoms with van der Waals surface area (Å²) in [5.41, 5.74) is 0.515. The van der Waals surface area contributed by atoms with E-state index >= 15 is 0 Å². The van der Waals surface area contributed by atoms with E-state index in [1.807, 2.05) is 0 Å². The van der Waals surface area contributed by atoms with Crippen molar-refractivity contribution in [1.82, 2.24) is 0 Å². The fourth-order valence-electron chi connectivity index (χ4n) is 2.97. The fourth-order valence-corrected chi connectivity index (χ4v) is 3.48. The zero-order chi connectivity index (χ0) is 16.9. The molecule has 1 saturated carbocycles. The highest BCUT2D eigenvalue weighted by molar-refractivity contribution is 7.89. The maximum atomic E-state index is 12.0. The summed E-state index contributed by atoms with van der Waals surface area (Å²) in [6, 6.07) is 5.74. The number of hydrogen-bond donors (Lipinski definition) is 2. The maximum Gasteiger partial charge on any atom is 0.250 e. The van der Waals surface area contributed by atoms with Crippen LogP contribution in [-0.2, 0) is 19.6 Å². The molecule has 0 saturated heterocycles. The summed E-state index contributed by atoms with van der Waals surface area (Å²) in [5, 5.41) is 7.72. The highest BCUT2D eigenvalue weighted by Gasteiger charge is 2.24. The number of nitrogens with one attached hydrogen (secondary N) is 1. The van der Waals surface area contributed by atoms with E-state index in [2.05, 4.69) is 12.2 Å². The second-order valence-corrected chi connectivity index (χ2v) is 7.48. The van der Waals surface area contributed by atoms with E-state index in [9.17, 15) is 13.2 Å². The molecule has 6 nitrogen and oxygen atoms in total. The molecule has 0 spiro atoms. The van der Waals surface area contributed by atoms with Crippen molar-refractivity contribution in [3.63, 3.8) is 0 Å². The Balaban J connectivity index is 1.85. The van der Waals surface area contributed by atoms with Crippen molar-refractivity contribution in [2.45, 2.75) is 50.0 Å². The molecule has 0 aromatic heterocycles. The molecule has 1 aromatic rings. The summed E-state index contributed by atoms with van der Waals surface area (Å²) in [6.07, 6.45) is 5.79. The first-order chi connectivity index (χ1) is 10.9. The van der Waals surface area contributed by atoms with Crippen LogP contribution in [0.15, 0.2) is 29.2 Å². The maximum absolute atomic E-state index is 12.0. The molecule has 2 atom stereocenters. The molecule has 1 fully saturated rings. The molecule has 0 radical (unpaired) electrons. The third-order valence-electron chi connectivity index (χ3n) is 4.26. The third-order valence-corrected chi connectivity index (χ3v) is 5.19. The summed E-state index contributed by atoms with van der Waals surface area (Å²) in [7, 11) is -3.72. The van der Waals surface area contributed by atoms with E-state index in [4.69, 9.17) is 9.88 Å². The van der Waals surface area contributed by atoms with Gasteiger partial charge in [-0.2, -0.15) is 0 Å². The molecule has 2 rings (SSSR count). The van der Waals surface area contributed by atoms with Gasteiger partial charge in [0.15, 0.2) is 0 Å². The van der Waals surface area contributed by atoms with E-state index in [-0.39, 0.29) is 23.5 Å². The Morgan fingerprint density at radius 3 is 2.52 bits per heavy atom. The van der Waals surface area contributed by atoms with Gasteiger partial charge in [-0.05, 0) is 43.0 Å². The molecule has 0 aliphatic heterocycles.